The van der Waals surface area contributed by atoms with E-state index < -0.39 is 0 Å². The van der Waals surface area contributed by atoms with E-state index in [2.05, 4.69) is 20.6 Å². The molecule has 21 heavy (non-hydrogen) atoms. The molecule has 3 N–H and O–H groups in total. The van der Waals surface area contributed by atoms with Crippen molar-refractivity contribution in [3.63, 3.8) is 0 Å². The van der Waals surface area contributed by atoms with Crippen LogP contribution in [0.1, 0.15) is 10.5 Å². The summed E-state index contributed by atoms with van der Waals surface area (Å²) in [6.45, 7) is 0. The number of nitrogens with one attached hydrogen (secondary N) is 1. The number of pyridine rings is 1. The average molecular weight is 280 g/mol. The van der Waals surface area contributed by atoms with E-state index in [4.69, 9.17) is 5.73 Å². The topological polar surface area (TPSA) is 98.7 Å². The van der Waals surface area contributed by atoms with Gasteiger partial charge in [0.15, 0.2) is 5.69 Å². The lowest BCUT2D eigenvalue weighted by molar-refractivity contribution is 0.102. The summed E-state index contributed by atoms with van der Waals surface area (Å²) in [6.07, 6.45) is 4.78. The summed E-state index contributed by atoms with van der Waals surface area (Å²) in [6, 6.07) is 10.6. The van der Waals surface area contributed by atoms with Crippen LogP contribution in [0.15, 0.2) is 55.0 Å². The number of carbonyl (C=O) groups excluding carboxylic acids is 1. The lowest BCUT2D eigenvalue weighted by atomic mass is 10.2. The predicted octanol–water partition coefficient (Wildman–Crippen LogP) is 1.50. The van der Waals surface area contributed by atoms with E-state index in [1.807, 2.05) is 18.2 Å². The van der Waals surface area contributed by atoms with Gasteiger partial charge in [0.2, 0.25) is 0 Å². The molecule has 0 saturated carbocycles. The molecule has 0 atom stereocenters. The Kier molecular flexibility index (Phi) is 3.30. The SMILES string of the molecule is Nc1cccnc1C(=O)Nc1ccccc1-n1ccnn1. The monoisotopic (exact) mass is 280 g/mol. The Morgan fingerprint density at radius 3 is 2.76 bits per heavy atom. The van der Waals surface area contributed by atoms with Crippen LogP contribution in [0.2, 0.25) is 0 Å². The summed E-state index contributed by atoms with van der Waals surface area (Å²) in [4.78, 5) is 16.3. The van der Waals surface area contributed by atoms with Gasteiger partial charge in [-0.1, -0.05) is 17.3 Å². The fourth-order valence-electron chi connectivity index (χ4n) is 1.90. The Balaban J connectivity index is 1.93. The van der Waals surface area contributed by atoms with E-state index in [9.17, 15) is 4.79 Å². The molecule has 0 spiro atoms. The van der Waals surface area contributed by atoms with Crippen molar-refractivity contribution in [2.45, 2.75) is 0 Å². The third-order valence-corrected chi connectivity index (χ3v) is 2.88. The van der Waals surface area contributed by atoms with E-state index >= 15 is 0 Å². The van der Waals surface area contributed by atoms with Gasteiger partial charge in [-0.2, -0.15) is 0 Å². The Labute approximate surface area is 120 Å². The largest absolute Gasteiger partial charge is 0.397 e. The van der Waals surface area contributed by atoms with Gasteiger partial charge in [-0.25, -0.2) is 9.67 Å². The Morgan fingerprint density at radius 2 is 2.00 bits per heavy atom. The number of rotatable bonds is 3. The van der Waals surface area contributed by atoms with Gasteiger partial charge in [0, 0.05) is 6.20 Å². The van der Waals surface area contributed by atoms with Gasteiger partial charge in [0.05, 0.1) is 29.5 Å². The number of hydrogen-bond acceptors (Lipinski definition) is 5. The molecule has 1 amide bonds. The summed E-state index contributed by atoms with van der Waals surface area (Å²) < 4.78 is 1.57. The minimum absolute atomic E-state index is 0.186. The van der Waals surface area contributed by atoms with E-state index in [-0.39, 0.29) is 11.6 Å². The van der Waals surface area contributed by atoms with Crippen LogP contribution in [0.25, 0.3) is 5.69 Å². The summed E-state index contributed by atoms with van der Waals surface area (Å²) in [5.41, 5.74) is 7.57. The van der Waals surface area contributed by atoms with E-state index in [0.29, 0.717) is 17.1 Å². The molecular formula is C14H12N6O. The third-order valence-electron chi connectivity index (χ3n) is 2.88. The van der Waals surface area contributed by atoms with Gasteiger partial charge in [0.1, 0.15) is 0 Å². The minimum Gasteiger partial charge on any atom is -0.397 e. The maximum Gasteiger partial charge on any atom is 0.276 e. The number of nitrogen functional groups attached to an aromatic ring is 1. The van der Waals surface area contributed by atoms with Crippen molar-refractivity contribution in [2.24, 2.45) is 0 Å². The fraction of sp³-hybridized carbons (Fsp3) is 0. The van der Waals surface area contributed by atoms with Crippen molar-refractivity contribution < 1.29 is 4.79 Å². The molecule has 0 saturated heterocycles. The number of nitrogens with zero attached hydrogens (tertiary/aromatic N) is 4. The molecule has 0 unspecified atom stereocenters. The van der Waals surface area contributed by atoms with E-state index in [0.717, 1.165) is 0 Å². The molecule has 0 fully saturated rings. The maximum atomic E-state index is 12.3. The molecule has 1 aromatic carbocycles. The number of para-hydroxylation sites is 2. The zero-order valence-electron chi connectivity index (χ0n) is 11.0. The van der Waals surface area contributed by atoms with Crippen molar-refractivity contribution in [2.75, 3.05) is 11.1 Å². The highest BCUT2D eigenvalue weighted by atomic mass is 16.1. The van der Waals surface area contributed by atoms with Gasteiger partial charge in [-0.05, 0) is 24.3 Å². The minimum atomic E-state index is -0.374. The van der Waals surface area contributed by atoms with Crippen LogP contribution in [0.4, 0.5) is 11.4 Å². The lowest BCUT2D eigenvalue weighted by Crippen LogP contribution is -2.17. The molecule has 2 aromatic heterocycles. The zero-order chi connectivity index (χ0) is 14.7. The van der Waals surface area contributed by atoms with Crippen molar-refractivity contribution >= 4 is 17.3 Å². The number of carbonyl (C=O) groups is 1. The van der Waals surface area contributed by atoms with Crippen LogP contribution in [0.3, 0.4) is 0 Å². The Hall–Kier alpha value is -3.22. The molecule has 7 heteroatoms. The lowest BCUT2D eigenvalue weighted by Gasteiger charge is -2.10. The second kappa shape index (κ2) is 5.41. The predicted molar refractivity (Wildman–Crippen MR) is 78.0 cm³/mol. The summed E-state index contributed by atoms with van der Waals surface area (Å²) in [5, 5.41) is 10.5. The first-order valence-corrected chi connectivity index (χ1v) is 6.23. The van der Waals surface area contributed by atoms with Gasteiger partial charge >= 0.3 is 0 Å². The number of nitrogens with two attached hydrogens (primary N) is 1. The van der Waals surface area contributed by atoms with Gasteiger partial charge in [0.25, 0.3) is 5.91 Å². The first-order valence-electron chi connectivity index (χ1n) is 6.23. The highest BCUT2D eigenvalue weighted by Gasteiger charge is 2.13. The van der Waals surface area contributed by atoms with Crippen LogP contribution in [-0.2, 0) is 0 Å². The molecule has 0 aliphatic heterocycles. The molecule has 3 aromatic rings. The molecule has 104 valence electrons. The highest BCUT2D eigenvalue weighted by Crippen LogP contribution is 2.20. The first kappa shape index (κ1) is 12.8. The van der Waals surface area contributed by atoms with E-state index in [1.165, 1.54) is 6.20 Å². The van der Waals surface area contributed by atoms with Crippen molar-refractivity contribution in [3.05, 3.63) is 60.7 Å². The number of anilines is 2. The number of aromatic nitrogens is 4. The average Bonchev–Trinajstić information content (AvgIpc) is 3.02. The summed E-state index contributed by atoms with van der Waals surface area (Å²) >= 11 is 0. The molecule has 7 nitrogen and oxygen atoms in total. The highest BCUT2D eigenvalue weighted by molar-refractivity contribution is 6.07. The smallest absolute Gasteiger partial charge is 0.276 e. The Morgan fingerprint density at radius 1 is 1.14 bits per heavy atom. The summed E-state index contributed by atoms with van der Waals surface area (Å²) in [7, 11) is 0. The van der Waals surface area contributed by atoms with Crippen molar-refractivity contribution in [1.82, 2.24) is 20.0 Å². The van der Waals surface area contributed by atoms with Crippen LogP contribution < -0.4 is 11.1 Å². The number of hydrogen-bond donors (Lipinski definition) is 2. The molecule has 0 radical (unpaired) electrons. The fourth-order valence-corrected chi connectivity index (χ4v) is 1.90. The van der Waals surface area contributed by atoms with E-state index in [1.54, 1.807) is 35.3 Å². The van der Waals surface area contributed by atoms with Gasteiger partial charge < -0.3 is 11.1 Å². The molecule has 0 aliphatic rings. The Bertz CT molecular complexity index is 769. The quantitative estimate of drug-likeness (QED) is 0.757. The third kappa shape index (κ3) is 2.57. The second-order valence-electron chi connectivity index (χ2n) is 4.26. The number of amides is 1. The summed E-state index contributed by atoms with van der Waals surface area (Å²) in [5.74, 6) is -0.374. The molecule has 0 aliphatic carbocycles. The second-order valence-corrected chi connectivity index (χ2v) is 4.26. The number of benzene rings is 1. The molecule has 0 bridgehead atoms. The zero-order valence-corrected chi connectivity index (χ0v) is 11.0. The first-order chi connectivity index (χ1) is 10.3. The van der Waals surface area contributed by atoms with Crippen LogP contribution in [0.5, 0.6) is 0 Å². The normalized spacial score (nSPS) is 10.3. The molecule has 2 heterocycles. The van der Waals surface area contributed by atoms with Crippen LogP contribution >= 0.6 is 0 Å². The van der Waals surface area contributed by atoms with Gasteiger partial charge in [-0.15, -0.1) is 5.10 Å². The molecular weight excluding hydrogens is 268 g/mol. The van der Waals surface area contributed by atoms with Gasteiger partial charge in [-0.3, -0.25) is 4.79 Å². The van der Waals surface area contributed by atoms with Crippen LogP contribution in [-0.4, -0.2) is 25.9 Å². The van der Waals surface area contributed by atoms with Crippen molar-refractivity contribution in [1.29, 1.82) is 0 Å². The standard InChI is InChI=1S/C14H12N6O/c15-10-4-3-7-16-13(10)14(21)18-11-5-1-2-6-12(11)20-9-8-17-19-20/h1-9H,15H2,(H,18,21). The maximum absolute atomic E-state index is 12.3. The molecule has 3 rings (SSSR count). The van der Waals surface area contributed by atoms with Crippen molar-refractivity contribution in [3.8, 4) is 5.69 Å². The van der Waals surface area contributed by atoms with Crippen LogP contribution in [0, 0.1) is 0 Å².